The van der Waals surface area contributed by atoms with Crippen LogP contribution in [0.2, 0.25) is 5.02 Å². The van der Waals surface area contributed by atoms with Crippen LogP contribution < -0.4 is 9.46 Å². The van der Waals surface area contributed by atoms with Gasteiger partial charge in [0.15, 0.2) is 0 Å². The lowest BCUT2D eigenvalue weighted by atomic mass is 10.3. The number of halogens is 1. The molecule has 0 radical (unpaired) electrons. The molecule has 0 atom stereocenters. The molecule has 0 fully saturated rings. The standard InChI is InChI=1S/C11H16ClNO4S/c1-2-17-11-8-9(4-5-10(11)12)18(15,16)13-6-3-7-14/h4-5,8,13-14H,2-3,6-7H2,1H3. The highest BCUT2D eigenvalue weighted by Crippen LogP contribution is 2.27. The molecule has 2 N–H and O–H groups in total. The van der Waals surface area contributed by atoms with Gasteiger partial charge in [0.25, 0.3) is 0 Å². The van der Waals surface area contributed by atoms with Crippen LogP contribution >= 0.6 is 11.6 Å². The molecular weight excluding hydrogens is 278 g/mol. The quantitative estimate of drug-likeness (QED) is 0.745. The Labute approximate surface area is 112 Å². The minimum Gasteiger partial charge on any atom is -0.492 e. The highest BCUT2D eigenvalue weighted by molar-refractivity contribution is 7.89. The molecule has 18 heavy (non-hydrogen) atoms. The SMILES string of the molecule is CCOc1cc(S(=O)(=O)NCCCO)ccc1Cl. The first-order chi connectivity index (χ1) is 8.51. The third-order valence-electron chi connectivity index (χ3n) is 2.14. The van der Waals surface area contributed by atoms with Gasteiger partial charge in [-0.25, -0.2) is 13.1 Å². The van der Waals surface area contributed by atoms with Gasteiger partial charge in [-0.05, 0) is 25.5 Å². The Balaban J connectivity index is 2.91. The Hall–Kier alpha value is -0.820. The molecule has 7 heteroatoms. The van der Waals surface area contributed by atoms with E-state index in [1.54, 1.807) is 6.92 Å². The fourth-order valence-corrected chi connectivity index (χ4v) is 2.55. The number of nitrogens with one attached hydrogen (secondary N) is 1. The highest BCUT2D eigenvalue weighted by atomic mass is 35.5. The molecule has 0 saturated heterocycles. The molecule has 1 aromatic carbocycles. The first-order valence-corrected chi connectivity index (χ1v) is 7.40. The molecular formula is C11H16ClNO4S. The normalized spacial score (nSPS) is 11.5. The predicted molar refractivity (Wildman–Crippen MR) is 69.5 cm³/mol. The van der Waals surface area contributed by atoms with Gasteiger partial charge in [0.1, 0.15) is 5.75 Å². The number of aliphatic hydroxyl groups excluding tert-OH is 1. The molecule has 0 heterocycles. The summed E-state index contributed by atoms with van der Waals surface area (Å²) in [6.45, 7) is 2.32. The Morgan fingerprint density at radius 2 is 2.17 bits per heavy atom. The molecule has 0 saturated carbocycles. The van der Waals surface area contributed by atoms with E-state index in [0.717, 1.165) is 0 Å². The zero-order valence-electron chi connectivity index (χ0n) is 10.0. The summed E-state index contributed by atoms with van der Waals surface area (Å²) in [6.07, 6.45) is 0.366. The molecule has 0 amide bonds. The zero-order valence-corrected chi connectivity index (χ0v) is 11.6. The van der Waals surface area contributed by atoms with Crippen molar-refractivity contribution in [2.24, 2.45) is 0 Å². The lowest BCUT2D eigenvalue weighted by Crippen LogP contribution is -2.25. The maximum absolute atomic E-state index is 11.9. The van der Waals surface area contributed by atoms with Gasteiger partial charge < -0.3 is 9.84 Å². The number of benzene rings is 1. The van der Waals surface area contributed by atoms with Crippen molar-refractivity contribution in [2.45, 2.75) is 18.2 Å². The van der Waals surface area contributed by atoms with E-state index in [0.29, 0.717) is 23.8 Å². The molecule has 1 rings (SSSR count). The van der Waals surface area contributed by atoms with Gasteiger partial charge >= 0.3 is 0 Å². The summed E-state index contributed by atoms with van der Waals surface area (Å²) in [4.78, 5) is 0.0910. The van der Waals surface area contributed by atoms with Crippen LogP contribution in [-0.4, -0.2) is 33.3 Å². The first kappa shape index (κ1) is 15.2. The van der Waals surface area contributed by atoms with Gasteiger partial charge in [-0.2, -0.15) is 0 Å². The van der Waals surface area contributed by atoms with Crippen LogP contribution in [0.4, 0.5) is 0 Å². The van der Waals surface area contributed by atoms with Crippen LogP contribution in [0.25, 0.3) is 0 Å². The van der Waals surface area contributed by atoms with E-state index in [9.17, 15) is 8.42 Å². The summed E-state index contributed by atoms with van der Waals surface area (Å²) in [5, 5.41) is 8.98. The number of hydrogen-bond donors (Lipinski definition) is 2. The van der Waals surface area contributed by atoms with Crippen molar-refractivity contribution in [1.29, 1.82) is 0 Å². The van der Waals surface area contributed by atoms with E-state index in [1.165, 1.54) is 18.2 Å². The minimum atomic E-state index is -3.59. The summed E-state index contributed by atoms with van der Waals surface area (Å²) in [7, 11) is -3.59. The molecule has 1 aromatic rings. The summed E-state index contributed by atoms with van der Waals surface area (Å²) in [5.74, 6) is 0.337. The Kier molecular flexibility index (Phi) is 5.87. The second kappa shape index (κ2) is 6.94. The maximum atomic E-state index is 11.9. The van der Waals surface area contributed by atoms with Crippen LogP contribution in [-0.2, 0) is 10.0 Å². The van der Waals surface area contributed by atoms with Crippen LogP contribution in [0.15, 0.2) is 23.1 Å². The van der Waals surface area contributed by atoms with Gasteiger partial charge in [0.2, 0.25) is 10.0 Å². The van der Waals surface area contributed by atoms with E-state index in [1.807, 2.05) is 0 Å². The van der Waals surface area contributed by atoms with Gasteiger partial charge in [0.05, 0.1) is 16.5 Å². The molecule has 0 spiro atoms. The summed E-state index contributed by atoms with van der Waals surface area (Å²) in [5.41, 5.74) is 0. The number of aliphatic hydroxyl groups is 1. The lowest BCUT2D eigenvalue weighted by molar-refractivity contribution is 0.289. The fourth-order valence-electron chi connectivity index (χ4n) is 1.29. The average Bonchev–Trinajstić information content (AvgIpc) is 2.32. The van der Waals surface area contributed by atoms with Crippen molar-refractivity contribution in [2.75, 3.05) is 19.8 Å². The third-order valence-corrected chi connectivity index (χ3v) is 3.91. The largest absolute Gasteiger partial charge is 0.492 e. The minimum absolute atomic E-state index is 0.0622. The van der Waals surface area contributed by atoms with Crippen molar-refractivity contribution in [1.82, 2.24) is 4.72 Å². The topological polar surface area (TPSA) is 75.6 Å². The lowest BCUT2D eigenvalue weighted by Gasteiger charge is -2.09. The van der Waals surface area contributed by atoms with E-state index in [4.69, 9.17) is 21.4 Å². The van der Waals surface area contributed by atoms with E-state index >= 15 is 0 Å². The molecule has 5 nitrogen and oxygen atoms in total. The van der Waals surface area contributed by atoms with Gasteiger partial charge in [-0.1, -0.05) is 11.6 Å². The van der Waals surface area contributed by atoms with Crippen molar-refractivity contribution in [3.05, 3.63) is 23.2 Å². The maximum Gasteiger partial charge on any atom is 0.240 e. The molecule has 0 aliphatic heterocycles. The molecule has 102 valence electrons. The average molecular weight is 294 g/mol. The van der Waals surface area contributed by atoms with Crippen LogP contribution in [0, 0.1) is 0 Å². The molecule has 0 aromatic heterocycles. The van der Waals surface area contributed by atoms with Crippen molar-refractivity contribution in [3.63, 3.8) is 0 Å². The second-order valence-electron chi connectivity index (χ2n) is 3.50. The smallest absolute Gasteiger partial charge is 0.240 e. The Morgan fingerprint density at radius 3 is 2.78 bits per heavy atom. The van der Waals surface area contributed by atoms with Gasteiger partial charge in [0, 0.05) is 19.2 Å². The predicted octanol–water partition coefficient (Wildman–Crippen LogP) is 1.40. The van der Waals surface area contributed by atoms with Gasteiger partial charge in [-0.3, -0.25) is 0 Å². The van der Waals surface area contributed by atoms with Crippen LogP contribution in [0.3, 0.4) is 0 Å². The Morgan fingerprint density at radius 1 is 1.44 bits per heavy atom. The fraction of sp³-hybridized carbons (Fsp3) is 0.455. The van der Waals surface area contributed by atoms with Crippen LogP contribution in [0.1, 0.15) is 13.3 Å². The number of sulfonamides is 1. The van der Waals surface area contributed by atoms with Gasteiger partial charge in [-0.15, -0.1) is 0 Å². The van der Waals surface area contributed by atoms with Crippen molar-refractivity contribution < 1.29 is 18.3 Å². The summed E-state index contributed by atoms with van der Waals surface area (Å²) < 4.78 is 31.4. The Bertz CT molecular complexity index is 490. The van der Waals surface area contributed by atoms with Crippen molar-refractivity contribution >= 4 is 21.6 Å². The van der Waals surface area contributed by atoms with E-state index in [-0.39, 0.29) is 18.0 Å². The third kappa shape index (κ3) is 4.13. The van der Waals surface area contributed by atoms with E-state index in [2.05, 4.69) is 4.72 Å². The number of ether oxygens (including phenoxy) is 1. The molecule has 0 unspecified atom stereocenters. The first-order valence-electron chi connectivity index (χ1n) is 5.54. The highest BCUT2D eigenvalue weighted by Gasteiger charge is 2.15. The second-order valence-corrected chi connectivity index (χ2v) is 5.67. The van der Waals surface area contributed by atoms with E-state index < -0.39 is 10.0 Å². The summed E-state index contributed by atoms with van der Waals surface area (Å²) in [6, 6.07) is 4.27. The number of hydrogen-bond acceptors (Lipinski definition) is 4. The summed E-state index contributed by atoms with van der Waals surface area (Å²) >= 11 is 5.88. The van der Waals surface area contributed by atoms with Crippen molar-refractivity contribution in [3.8, 4) is 5.75 Å². The zero-order chi connectivity index (χ0) is 13.6. The molecule has 0 aliphatic rings. The molecule has 0 bridgehead atoms. The van der Waals surface area contributed by atoms with Crippen LogP contribution in [0.5, 0.6) is 5.75 Å². The monoisotopic (exact) mass is 293 g/mol. The molecule has 0 aliphatic carbocycles. The number of rotatable bonds is 7.